The van der Waals surface area contributed by atoms with Crippen molar-refractivity contribution in [3.8, 4) is 0 Å². The highest BCUT2D eigenvalue weighted by molar-refractivity contribution is 7.89. The van der Waals surface area contributed by atoms with Crippen LogP contribution in [0.25, 0.3) is 0 Å². The number of rotatable bonds is 6. The third-order valence-corrected chi connectivity index (χ3v) is 8.08. The van der Waals surface area contributed by atoms with Crippen molar-refractivity contribution in [3.63, 3.8) is 0 Å². The molecule has 0 spiro atoms. The lowest BCUT2D eigenvalue weighted by Gasteiger charge is -2.36. The van der Waals surface area contributed by atoms with Gasteiger partial charge in [0, 0.05) is 48.2 Å². The molecular weight excluding hydrogens is 532 g/mol. The van der Waals surface area contributed by atoms with Crippen LogP contribution < -0.4 is 10.6 Å². The van der Waals surface area contributed by atoms with E-state index in [0.29, 0.717) is 17.3 Å². The standard InChI is InChI=1S/C25H23F2N7O4S/c1-25(2)13-34(39(37,38)16-9-14(26)8-15(27)10-16)12-18-21(25)32-33-22(18)31-23(35)17-5-7-28-11-20(17)30-24(36)19-4-3-6-29-19/h3-11,29H,12-13H2,1-2H3,(H,30,36)(H2,31,32,33,35). The van der Waals surface area contributed by atoms with Crippen LogP contribution in [0.2, 0.25) is 0 Å². The molecule has 4 heterocycles. The molecule has 0 saturated heterocycles. The largest absolute Gasteiger partial charge is 0.357 e. The number of hydrogen-bond donors (Lipinski definition) is 4. The van der Waals surface area contributed by atoms with Crippen LogP contribution in [0, 0.1) is 11.6 Å². The first-order valence-electron chi connectivity index (χ1n) is 11.7. The van der Waals surface area contributed by atoms with Gasteiger partial charge >= 0.3 is 0 Å². The fourth-order valence-electron chi connectivity index (χ4n) is 4.46. The highest BCUT2D eigenvalue weighted by atomic mass is 32.2. The fourth-order valence-corrected chi connectivity index (χ4v) is 6.07. The number of sulfonamides is 1. The van der Waals surface area contributed by atoms with E-state index in [4.69, 9.17) is 0 Å². The maximum Gasteiger partial charge on any atom is 0.272 e. The van der Waals surface area contributed by atoms with Gasteiger partial charge in [0.05, 0.1) is 22.3 Å². The van der Waals surface area contributed by atoms with Crippen molar-refractivity contribution >= 4 is 33.3 Å². The number of amides is 2. The zero-order chi connectivity index (χ0) is 27.9. The zero-order valence-corrected chi connectivity index (χ0v) is 21.6. The van der Waals surface area contributed by atoms with Gasteiger partial charge in [-0.25, -0.2) is 17.2 Å². The summed E-state index contributed by atoms with van der Waals surface area (Å²) in [6.07, 6.45) is 4.29. The second kappa shape index (κ2) is 9.71. The molecule has 0 atom stereocenters. The predicted molar refractivity (Wildman–Crippen MR) is 137 cm³/mol. The number of fused-ring (bicyclic) bond motifs is 1. The summed E-state index contributed by atoms with van der Waals surface area (Å²) in [5.74, 6) is -3.06. The third-order valence-electron chi connectivity index (χ3n) is 6.31. The van der Waals surface area contributed by atoms with Gasteiger partial charge in [0.2, 0.25) is 10.0 Å². The van der Waals surface area contributed by atoms with E-state index in [1.54, 1.807) is 32.2 Å². The molecular formula is C25H23F2N7O4S. The first-order chi connectivity index (χ1) is 18.5. The van der Waals surface area contributed by atoms with E-state index in [-0.39, 0.29) is 35.9 Å². The van der Waals surface area contributed by atoms with Crippen LogP contribution in [0.3, 0.4) is 0 Å². The lowest BCUT2D eigenvalue weighted by Crippen LogP contribution is -2.45. The summed E-state index contributed by atoms with van der Waals surface area (Å²) < 4.78 is 55.4. The molecule has 202 valence electrons. The third kappa shape index (κ3) is 5.03. The molecule has 4 aromatic rings. The maximum atomic E-state index is 13.8. The van der Waals surface area contributed by atoms with Crippen LogP contribution in [-0.4, -0.2) is 51.2 Å². The Hall–Kier alpha value is -4.43. The van der Waals surface area contributed by atoms with Crippen molar-refractivity contribution in [2.24, 2.45) is 0 Å². The van der Waals surface area contributed by atoms with Crippen molar-refractivity contribution < 1.29 is 26.8 Å². The number of nitrogens with zero attached hydrogens (tertiary/aromatic N) is 3. The lowest BCUT2D eigenvalue weighted by molar-refractivity contribution is 0.102. The summed E-state index contributed by atoms with van der Waals surface area (Å²) in [4.78, 5) is 32.0. The van der Waals surface area contributed by atoms with E-state index in [9.17, 15) is 26.8 Å². The predicted octanol–water partition coefficient (Wildman–Crippen LogP) is 3.40. The smallest absolute Gasteiger partial charge is 0.272 e. The molecule has 0 unspecified atom stereocenters. The number of carbonyl (C=O) groups is 2. The molecule has 1 aliphatic rings. The van der Waals surface area contributed by atoms with E-state index in [2.05, 4.69) is 30.8 Å². The molecule has 1 aliphatic heterocycles. The van der Waals surface area contributed by atoms with Gasteiger partial charge in [0.25, 0.3) is 11.8 Å². The topological polar surface area (TPSA) is 153 Å². The van der Waals surface area contributed by atoms with Crippen molar-refractivity contribution in [2.45, 2.75) is 30.7 Å². The van der Waals surface area contributed by atoms with Crippen LogP contribution in [0.4, 0.5) is 20.3 Å². The Morgan fingerprint density at radius 3 is 2.51 bits per heavy atom. The van der Waals surface area contributed by atoms with Crippen molar-refractivity contribution in [3.05, 3.63) is 89.1 Å². The van der Waals surface area contributed by atoms with Gasteiger partial charge in [-0.15, -0.1) is 0 Å². The molecule has 1 aromatic carbocycles. The average Bonchev–Trinajstić information content (AvgIpc) is 3.55. The number of nitrogens with one attached hydrogen (secondary N) is 4. The van der Waals surface area contributed by atoms with Gasteiger partial charge in [-0.1, -0.05) is 13.8 Å². The Balaban J connectivity index is 1.43. The Morgan fingerprint density at radius 2 is 1.82 bits per heavy atom. The molecule has 3 aromatic heterocycles. The molecule has 14 heteroatoms. The average molecular weight is 556 g/mol. The first kappa shape index (κ1) is 26.2. The van der Waals surface area contributed by atoms with E-state index in [0.717, 1.165) is 16.4 Å². The summed E-state index contributed by atoms with van der Waals surface area (Å²) in [6, 6.07) is 6.74. The molecule has 0 bridgehead atoms. The summed E-state index contributed by atoms with van der Waals surface area (Å²) >= 11 is 0. The van der Waals surface area contributed by atoms with Gasteiger partial charge in [-0.3, -0.25) is 19.7 Å². The zero-order valence-electron chi connectivity index (χ0n) is 20.7. The van der Waals surface area contributed by atoms with Crippen LogP contribution in [0.15, 0.2) is 59.9 Å². The number of hydrogen-bond acceptors (Lipinski definition) is 6. The molecule has 0 saturated carbocycles. The number of aromatic nitrogens is 4. The molecule has 2 amide bonds. The maximum absolute atomic E-state index is 13.8. The fraction of sp³-hybridized carbons (Fsp3) is 0.200. The van der Waals surface area contributed by atoms with Crippen molar-refractivity contribution in [2.75, 3.05) is 17.2 Å². The monoisotopic (exact) mass is 555 g/mol. The number of pyridine rings is 1. The quantitative estimate of drug-likeness (QED) is 0.286. The Labute approximate surface area is 221 Å². The summed E-state index contributed by atoms with van der Waals surface area (Å²) in [7, 11) is -4.30. The SMILES string of the molecule is CC1(C)CN(S(=O)(=O)c2cc(F)cc(F)c2)Cc2c(NC(=O)c3ccncc3NC(=O)c3ccc[nH]3)n[nH]c21. The number of carbonyl (C=O) groups excluding carboxylic acids is 2. The highest BCUT2D eigenvalue weighted by Crippen LogP contribution is 2.38. The van der Waals surface area contributed by atoms with E-state index in [1.165, 1.54) is 18.5 Å². The van der Waals surface area contributed by atoms with Crippen LogP contribution in [-0.2, 0) is 22.0 Å². The van der Waals surface area contributed by atoms with Gasteiger partial charge < -0.3 is 15.6 Å². The van der Waals surface area contributed by atoms with Crippen LogP contribution in [0.1, 0.15) is 46.0 Å². The Kier molecular flexibility index (Phi) is 6.52. The summed E-state index contributed by atoms with van der Waals surface area (Å²) in [5.41, 5.74) is 0.742. The molecule has 5 rings (SSSR count). The lowest BCUT2D eigenvalue weighted by atomic mass is 9.84. The second-order valence-corrected chi connectivity index (χ2v) is 11.5. The molecule has 4 N–H and O–H groups in total. The minimum atomic E-state index is -4.30. The second-order valence-electron chi connectivity index (χ2n) is 9.60. The van der Waals surface area contributed by atoms with Crippen molar-refractivity contribution in [1.29, 1.82) is 0 Å². The molecule has 11 nitrogen and oxygen atoms in total. The molecule has 0 radical (unpaired) electrons. The number of anilines is 2. The van der Waals surface area contributed by atoms with E-state index >= 15 is 0 Å². The first-order valence-corrected chi connectivity index (χ1v) is 13.1. The highest BCUT2D eigenvalue weighted by Gasteiger charge is 2.41. The normalized spacial score (nSPS) is 15.0. The van der Waals surface area contributed by atoms with E-state index < -0.39 is 43.8 Å². The number of halogens is 2. The number of benzene rings is 1. The molecule has 0 fully saturated rings. The van der Waals surface area contributed by atoms with Gasteiger partial charge in [-0.2, -0.15) is 9.40 Å². The Morgan fingerprint density at radius 1 is 1.08 bits per heavy atom. The van der Waals surface area contributed by atoms with Crippen molar-refractivity contribution in [1.82, 2.24) is 24.5 Å². The van der Waals surface area contributed by atoms with Gasteiger partial charge in [0.1, 0.15) is 17.3 Å². The van der Waals surface area contributed by atoms with Crippen LogP contribution in [0.5, 0.6) is 0 Å². The number of H-pyrrole nitrogens is 2. The molecule has 0 aliphatic carbocycles. The minimum Gasteiger partial charge on any atom is -0.357 e. The molecule has 39 heavy (non-hydrogen) atoms. The van der Waals surface area contributed by atoms with Crippen LogP contribution >= 0.6 is 0 Å². The minimum absolute atomic E-state index is 0.00464. The summed E-state index contributed by atoms with van der Waals surface area (Å²) in [6.45, 7) is 3.34. The number of aromatic amines is 2. The van der Waals surface area contributed by atoms with Gasteiger partial charge in [-0.05, 0) is 30.3 Å². The Bertz CT molecular complexity index is 1660. The van der Waals surface area contributed by atoms with Gasteiger partial charge in [0.15, 0.2) is 5.82 Å². The van der Waals surface area contributed by atoms with E-state index in [1.807, 2.05) is 0 Å². The summed E-state index contributed by atoms with van der Waals surface area (Å²) in [5, 5.41) is 12.4.